The summed E-state index contributed by atoms with van der Waals surface area (Å²) in [6, 6.07) is 13.6. The zero-order valence-electron chi connectivity index (χ0n) is 11.9. The second-order valence-corrected chi connectivity index (χ2v) is 5.38. The van der Waals surface area contributed by atoms with Gasteiger partial charge in [0.05, 0.1) is 6.21 Å². The van der Waals surface area contributed by atoms with Gasteiger partial charge in [-0.2, -0.15) is 5.10 Å². The van der Waals surface area contributed by atoms with Gasteiger partial charge < -0.3 is 9.84 Å². The summed E-state index contributed by atoms with van der Waals surface area (Å²) in [5, 5.41) is 12.4. The van der Waals surface area contributed by atoms with Crippen LogP contribution in [0.4, 0.5) is 0 Å². The third kappa shape index (κ3) is 5.55. The molecule has 6 nitrogen and oxygen atoms in total. The van der Waals surface area contributed by atoms with E-state index in [1.807, 2.05) is 6.07 Å². The Bertz CT molecular complexity index is 729. The number of hydrogen-bond donors (Lipinski definition) is 2. The molecule has 0 heterocycles. The topological polar surface area (TPSA) is 88.0 Å². The fourth-order valence-electron chi connectivity index (χ4n) is 1.65. The van der Waals surface area contributed by atoms with Crippen LogP contribution in [0.3, 0.4) is 0 Å². The first-order valence-electron chi connectivity index (χ1n) is 6.58. The highest BCUT2D eigenvalue weighted by atomic mass is 79.9. The maximum absolute atomic E-state index is 11.9. The Balaban J connectivity index is 1.90. The fraction of sp³-hybridized carbons (Fsp3) is 0.0625. The van der Waals surface area contributed by atoms with Crippen LogP contribution < -0.4 is 10.2 Å². The second kappa shape index (κ2) is 8.09. The molecule has 0 saturated carbocycles. The van der Waals surface area contributed by atoms with Crippen molar-refractivity contribution >= 4 is 34.0 Å². The first-order chi connectivity index (χ1) is 11.0. The molecule has 2 N–H and O–H groups in total. The number of carbonyl (C=O) groups is 2. The van der Waals surface area contributed by atoms with Gasteiger partial charge in [-0.1, -0.05) is 22.0 Å². The lowest BCUT2D eigenvalue weighted by Crippen LogP contribution is -2.17. The molecule has 0 aliphatic carbocycles. The van der Waals surface area contributed by atoms with Crippen molar-refractivity contribution in [2.45, 2.75) is 0 Å². The van der Waals surface area contributed by atoms with Crippen LogP contribution in [-0.4, -0.2) is 29.8 Å². The van der Waals surface area contributed by atoms with Crippen LogP contribution in [0.25, 0.3) is 0 Å². The highest BCUT2D eigenvalue weighted by Gasteiger charge is 2.03. The molecule has 7 heteroatoms. The minimum atomic E-state index is -1.04. The third-order valence-corrected chi connectivity index (χ3v) is 3.20. The lowest BCUT2D eigenvalue weighted by atomic mass is 10.2. The van der Waals surface area contributed by atoms with Crippen molar-refractivity contribution in [2.75, 3.05) is 6.61 Å². The van der Waals surface area contributed by atoms with Crippen LogP contribution in [0.1, 0.15) is 15.9 Å². The molecule has 0 fully saturated rings. The number of ether oxygens (including phenoxy) is 1. The first kappa shape index (κ1) is 16.7. The number of nitrogens with zero attached hydrogens (tertiary/aromatic N) is 1. The average Bonchev–Trinajstić information content (AvgIpc) is 2.54. The number of rotatable bonds is 6. The summed E-state index contributed by atoms with van der Waals surface area (Å²) >= 11 is 3.30. The highest BCUT2D eigenvalue weighted by Crippen LogP contribution is 2.12. The quantitative estimate of drug-likeness (QED) is 0.599. The van der Waals surface area contributed by atoms with Crippen LogP contribution in [0, 0.1) is 0 Å². The molecule has 0 bridgehead atoms. The molecule has 0 atom stereocenters. The Morgan fingerprint density at radius 3 is 2.61 bits per heavy atom. The molecule has 23 heavy (non-hydrogen) atoms. The monoisotopic (exact) mass is 376 g/mol. The number of carbonyl (C=O) groups excluding carboxylic acids is 1. The number of hydrazone groups is 1. The minimum absolute atomic E-state index is 0.316. The van der Waals surface area contributed by atoms with E-state index in [-0.39, 0.29) is 5.91 Å². The number of carboxylic acid groups (broad SMARTS) is 1. The van der Waals surface area contributed by atoms with Crippen LogP contribution >= 0.6 is 15.9 Å². The number of hydrogen-bond acceptors (Lipinski definition) is 4. The Morgan fingerprint density at radius 2 is 1.96 bits per heavy atom. The summed E-state index contributed by atoms with van der Waals surface area (Å²) in [5.41, 5.74) is 3.66. The molecule has 2 aromatic carbocycles. The fourth-order valence-corrected chi connectivity index (χ4v) is 2.05. The van der Waals surface area contributed by atoms with Crippen LogP contribution in [0.5, 0.6) is 5.75 Å². The van der Waals surface area contributed by atoms with E-state index in [0.717, 1.165) is 10.0 Å². The van der Waals surface area contributed by atoms with Crippen molar-refractivity contribution in [3.05, 3.63) is 64.1 Å². The van der Waals surface area contributed by atoms with E-state index in [0.29, 0.717) is 11.3 Å². The van der Waals surface area contributed by atoms with E-state index >= 15 is 0 Å². The van der Waals surface area contributed by atoms with Gasteiger partial charge in [-0.3, -0.25) is 4.79 Å². The zero-order valence-corrected chi connectivity index (χ0v) is 13.5. The predicted molar refractivity (Wildman–Crippen MR) is 88.8 cm³/mol. The van der Waals surface area contributed by atoms with Gasteiger partial charge in [0, 0.05) is 10.0 Å². The number of aliphatic carboxylic acids is 1. The van der Waals surface area contributed by atoms with Gasteiger partial charge >= 0.3 is 5.97 Å². The normalized spacial score (nSPS) is 10.5. The van der Waals surface area contributed by atoms with E-state index in [1.165, 1.54) is 6.21 Å². The van der Waals surface area contributed by atoms with E-state index in [4.69, 9.17) is 9.84 Å². The number of nitrogens with one attached hydrogen (secondary N) is 1. The van der Waals surface area contributed by atoms with Gasteiger partial charge in [0.25, 0.3) is 5.91 Å². The molecular weight excluding hydrogens is 364 g/mol. The minimum Gasteiger partial charge on any atom is -0.482 e. The van der Waals surface area contributed by atoms with Crippen LogP contribution in [0.2, 0.25) is 0 Å². The Kier molecular flexibility index (Phi) is 5.87. The lowest BCUT2D eigenvalue weighted by Gasteiger charge is -2.03. The predicted octanol–water partition coefficient (Wildman–Crippen LogP) is 2.68. The van der Waals surface area contributed by atoms with Crippen molar-refractivity contribution in [3.8, 4) is 5.75 Å². The van der Waals surface area contributed by atoms with Gasteiger partial charge in [-0.25, -0.2) is 10.2 Å². The summed E-state index contributed by atoms with van der Waals surface area (Å²) < 4.78 is 5.83. The molecule has 1 amide bonds. The number of amides is 1. The van der Waals surface area contributed by atoms with Crippen molar-refractivity contribution in [1.82, 2.24) is 5.43 Å². The summed E-state index contributed by atoms with van der Waals surface area (Å²) in [6.07, 6.45) is 1.48. The maximum atomic E-state index is 11.9. The maximum Gasteiger partial charge on any atom is 0.341 e. The van der Waals surface area contributed by atoms with E-state index in [2.05, 4.69) is 26.5 Å². The van der Waals surface area contributed by atoms with Crippen molar-refractivity contribution in [1.29, 1.82) is 0 Å². The van der Waals surface area contributed by atoms with E-state index < -0.39 is 12.6 Å². The molecule has 0 aromatic heterocycles. The Hall–Kier alpha value is -2.67. The smallest absolute Gasteiger partial charge is 0.341 e. The van der Waals surface area contributed by atoms with Gasteiger partial charge in [-0.15, -0.1) is 0 Å². The number of halogens is 1. The lowest BCUT2D eigenvalue weighted by molar-refractivity contribution is -0.139. The molecule has 0 spiro atoms. The summed E-state index contributed by atoms with van der Waals surface area (Å²) in [6.45, 7) is -0.393. The third-order valence-electron chi connectivity index (χ3n) is 2.71. The zero-order chi connectivity index (χ0) is 16.7. The van der Waals surface area contributed by atoms with Gasteiger partial charge in [0.1, 0.15) is 5.75 Å². The molecule has 118 valence electrons. The van der Waals surface area contributed by atoms with Crippen molar-refractivity contribution in [3.63, 3.8) is 0 Å². The Morgan fingerprint density at radius 1 is 1.22 bits per heavy atom. The van der Waals surface area contributed by atoms with Gasteiger partial charge in [0.2, 0.25) is 0 Å². The number of carboxylic acids is 1. The van der Waals surface area contributed by atoms with E-state index in [1.54, 1.807) is 42.5 Å². The van der Waals surface area contributed by atoms with Crippen molar-refractivity contribution < 1.29 is 19.4 Å². The average molecular weight is 377 g/mol. The molecule has 0 saturated heterocycles. The molecule has 0 radical (unpaired) electrons. The van der Waals surface area contributed by atoms with Crippen LogP contribution in [-0.2, 0) is 4.79 Å². The molecule has 2 aromatic rings. The molecule has 0 aliphatic rings. The molecular formula is C16H13BrN2O4. The van der Waals surface area contributed by atoms with Gasteiger partial charge in [0.15, 0.2) is 6.61 Å². The summed E-state index contributed by atoms with van der Waals surface area (Å²) in [4.78, 5) is 22.3. The second-order valence-electron chi connectivity index (χ2n) is 4.46. The first-order valence-corrected chi connectivity index (χ1v) is 7.37. The standard InChI is InChI=1S/C16H13BrN2O4/c17-13-3-1-2-12(8-13)16(22)19-18-9-11-4-6-14(7-5-11)23-10-15(20)21/h1-9H,10H2,(H,19,22)(H,20,21)/b18-9+. The summed E-state index contributed by atoms with van der Waals surface area (Å²) in [7, 11) is 0. The molecule has 0 unspecified atom stereocenters. The van der Waals surface area contributed by atoms with E-state index in [9.17, 15) is 9.59 Å². The Labute approximate surface area is 140 Å². The summed E-state index contributed by atoms with van der Waals surface area (Å²) in [5.74, 6) is -0.905. The SMILES string of the molecule is O=C(O)COc1ccc(/C=N/NC(=O)c2cccc(Br)c2)cc1. The largest absolute Gasteiger partial charge is 0.482 e. The van der Waals surface area contributed by atoms with Crippen molar-refractivity contribution in [2.24, 2.45) is 5.10 Å². The number of benzene rings is 2. The molecule has 2 rings (SSSR count). The highest BCUT2D eigenvalue weighted by molar-refractivity contribution is 9.10. The molecule has 0 aliphatic heterocycles. The van der Waals surface area contributed by atoms with Crippen LogP contribution in [0.15, 0.2) is 58.1 Å². The van der Waals surface area contributed by atoms with Gasteiger partial charge in [-0.05, 0) is 48.0 Å².